The maximum atomic E-state index is 5.92. The van der Waals surface area contributed by atoms with E-state index in [0.29, 0.717) is 6.10 Å². The van der Waals surface area contributed by atoms with Crippen LogP contribution in [-0.4, -0.2) is 47.3 Å². The van der Waals surface area contributed by atoms with Gasteiger partial charge in [-0.25, -0.2) is 9.67 Å². The van der Waals surface area contributed by atoms with Crippen LogP contribution in [0.4, 0.5) is 5.82 Å². The third-order valence-corrected chi connectivity index (χ3v) is 3.64. The molecular formula is C16H28N4O. The van der Waals surface area contributed by atoms with Crippen molar-refractivity contribution < 1.29 is 4.74 Å². The van der Waals surface area contributed by atoms with Crippen molar-refractivity contribution >= 4 is 12.2 Å². The molecule has 1 fully saturated rings. The largest absolute Gasteiger partial charge is 0.373 e. The van der Waals surface area contributed by atoms with Crippen LogP contribution in [0.2, 0.25) is 0 Å². The van der Waals surface area contributed by atoms with Crippen molar-refractivity contribution in [2.75, 3.05) is 14.1 Å². The molecule has 5 heteroatoms. The Morgan fingerprint density at radius 1 is 1.43 bits per heavy atom. The Hall–Kier alpha value is -1.36. The van der Waals surface area contributed by atoms with Gasteiger partial charge in [0.15, 0.2) is 5.82 Å². The van der Waals surface area contributed by atoms with Crippen LogP contribution in [0.15, 0.2) is 11.1 Å². The van der Waals surface area contributed by atoms with Crippen molar-refractivity contribution in [3.05, 3.63) is 11.8 Å². The first-order valence-corrected chi connectivity index (χ1v) is 7.70. The minimum atomic E-state index is 0.0253. The zero-order valence-electron chi connectivity index (χ0n) is 14.1. The van der Waals surface area contributed by atoms with Gasteiger partial charge in [-0.2, -0.15) is 5.10 Å². The molecule has 21 heavy (non-hydrogen) atoms. The molecule has 0 aromatic carbocycles. The Kier molecular flexibility index (Phi) is 4.71. The number of nitrogens with zero attached hydrogens (tertiary/aromatic N) is 4. The zero-order valence-corrected chi connectivity index (χ0v) is 14.1. The fourth-order valence-corrected chi connectivity index (χ4v) is 2.40. The van der Waals surface area contributed by atoms with E-state index in [4.69, 9.17) is 9.84 Å². The highest BCUT2D eigenvalue weighted by molar-refractivity contribution is 5.59. The molecule has 118 valence electrons. The molecular weight excluding hydrogens is 264 g/mol. The second-order valence-corrected chi connectivity index (χ2v) is 7.17. The van der Waals surface area contributed by atoms with Gasteiger partial charge in [-0.3, -0.25) is 0 Å². The molecule has 2 atom stereocenters. The summed E-state index contributed by atoms with van der Waals surface area (Å²) in [4.78, 5) is 6.48. The lowest BCUT2D eigenvalue weighted by atomic mass is 9.92. The van der Waals surface area contributed by atoms with E-state index in [-0.39, 0.29) is 11.5 Å². The monoisotopic (exact) mass is 292 g/mol. The van der Waals surface area contributed by atoms with Gasteiger partial charge >= 0.3 is 0 Å². The number of hydrogen-bond acceptors (Lipinski definition) is 3. The average Bonchev–Trinajstić information content (AvgIpc) is 2.93. The third kappa shape index (κ3) is 4.30. The SMILES string of the molecule is C[C@H]1CCC(Cn2nc(C(C)(C)C)cc2/N=C/N(C)C)O1. The zero-order chi connectivity index (χ0) is 15.6. The molecule has 2 rings (SSSR count). The molecule has 2 heterocycles. The first-order valence-electron chi connectivity index (χ1n) is 7.70. The smallest absolute Gasteiger partial charge is 0.152 e. The Morgan fingerprint density at radius 2 is 2.14 bits per heavy atom. The van der Waals surface area contributed by atoms with E-state index in [9.17, 15) is 0 Å². The first kappa shape index (κ1) is 16.0. The molecule has 0 bridgehead atoms. The van der Waals surface area contributed by atoms with E-state index in [0.717, 1.165) is 30.9 Å². The molecule has 0 saturated carbocycles. The lowest BCUT2D eigenvalue weighted by Gasteiger charge is -2.15. The van der Waals surface area contributed by atoms with Crippen LogP contribution in [0.25, 0.3) is 0 Å². The van der Waals surface area contributed by atoms with Crippen molar-refractivity contribution in [1.82, 2.24) is 14.7 Å². The van der Waals surface area contributed by atoms with Crippen LogP contribution < -0.4 is 0 Å². The quantitative estimate of drug-likeness (QED) is 0.633. The topological polar surface area (TPSA) is 42.7 Å². The summed E-state index contributed by atoms with van der Waals surface area (Å²) in [6, 6.07) is 2.08. The highest BCUT2D eigenvalue weighted by Crippen LogP contribution is 2.27. The lowest BCUT2D eigenvalue weighted by molar-refractivity contribution is 0.0439. The second kappa shape index (κ2) is 6.18. The van der Waals surface area contributed by atoms with Crippen LogP contribution in [0, 0.1) is 0 Å². The molecule has 1 aromatic heterocycles. The summed E-state index contributed by atoms with van der Waals surface area (Å²) in [6.45, 7) is 9.43. The predicted molar refractivity (Wildman–Crippen MR) is 86.3 cm³/mol. The van der Waals surface area contributed by atoms with Gasteiger partial charge in [0.2, 0.25) is 0 Å². The molecule has 5 nitrogen and oxygen atoms in total. The first-order chi connectivity index (χ1) is 9.75. The third-order valence-electron chi connectivity index (χ3n) is 3.64. The van der Waals surface area contributed by atoms with Crippen LogP contribution in [0.5, 0.6) is 0 Å². The fourth-order valence-electron chi connectivity index (χ4n) is 2.40. The van der Waals surface area contributed by atoms with E-state index < -0.39 is 0 Å². The summed E-state index contributed by atoms with van der Waals surface area (Å²) in [7, 11) is 3.94. The molecule has 0 N–H and O–H groups in total. The van der Waals surface area contributed by atoms with Gasteiger partial charge in [0.25, 0.3) is 0 Å². The van der Waals surface area contributed by atoms with Gasteiger partial charge in [0.05, 0.1) is 30.8 Å². The van der Waals surface area contributed by atoms with E-state index in [1.807, 2.05) is 30.0 Å². The van der Waals surface area contributed by atoms with Crippen molar-refractivity contribution in [3.8, 4) is 0 Å². The number of aromatic nitrogens is 2. The summed E-state index contributed by atoms with van der Waals surface area (Å²) in [5.41, 5.74) is 1.09. The molecule has 1 aromatic rings. The molecule has 1 aliphatic rings. The number of rotatable bonds is 4. The Bertz CT molecular complexity index is 499. The van der Waals surface area contributed by atoms with E-state index in [2.05, 4.69) is 38.8 Å². The highest BCUT2D eigenvalue weighted by Gasteiger charge is 2.25. The summed E-state index contributed by atoms with van der Waals surface area (Å²) in [6.07, 6.45) is 4.66. The molecule has 0 amide bonds. The average molecular weight is 292 g/mol. The normalized spacial score (nSPS) is 23.1. The van der Waals surface area contributed by atoms with Crippen LogP contribution in [-0.2, 0) is 16.7 Å². The standard InChI is InChI=1S/C16H28N4O/c1-12-7-8-13(21-12)10-20-15(17-11-19(5)6)9-14(18-20)16(2,3)4/h9,11-13H,7-8,10H2,1-6H3/b17-11+/t12-,13?/m0/s1. The predicted octanol–water partition coefficient (Wildman–Crippen LogP) is 2.97. The molecule has 0 spiro atoms. The van der Waals surface area contributed by atoms with Crippen molar-refractivity contribution in [1.29, 1.82) is 0 Å². The summed E-state index contributed by atoms with van der Waals surface area (Å²) >= 11 is 0. The summed E-state index contributed by atoms with van der Waals surface area (Å²) < 4.78 is 7.91. The molecule has 1 saturated heterocycles. The molecule has 1 unspecified atom stereocenters. The maximum Gasteiger partial charge on any atom is 0.152 e. The maximum absolute atomic E-state index is 5.92. The highest BCUT2D eigenvalue weighted by atomic mass is 16.5. The van der Waals surface area contributed by atoms with Gasteiger partial charge in [-0.1, -0.05) is 20.8 Å². The fraction of sp³-hybridized carbons (Fsp3) is 0.750. The number of hydrogen-bond donors (Lipinski definition) is 0. The number of ether oxygens (including phenoxy) is 1. The number of aliphatic imine (C=N–C) groups is 1. The van der Waals surface area contributed by atoms with Crippen molar-refractivity contribution in [3.63, 3.8) is 0 Å². The van der Waals surface area contributed by atoms with Gasteiger partial charge in [-0.15, -0.1) is 0 Å². The van der Waals surface area contributed by atoms with Crippen LogP contribution >= 0.6 is 0 Å². The minimum Gasteiger partial charge on any atom is -0.373 e. The lowest BCUT2D eigenvalue weighted by Crippen LogP contribution is -2.19. The van der Waals surface area contributed by atoms with E-state index in [1.165, 1.54) is 0 Å². The van der Waals surface area contributed by atoms with Gasteiger partial charge < -0.3 is 9.64 Å². The van der Waals surface area contributed by atoms with Gasteiger partial charge in [0.1, 0.15) is 0 Å². The minimum absolute atomic E-state index is 0.0253. The van der Waals surface area contributed by atoms with E-state index >= 15 is 0 Å². The Labute approximate surface area is 128 Å². The molecule has 0 aliphatic carbocycles. The second-order valence-electron chi connectivity index (χ2n) is 7.17. The molecule has 1 aliphatic heterocycles. The van der Waals surface area contributed by atoms with Gasteiger partial charge in [-0.05, 0) is 19.8 Å². The van der Waals surface area contributed by atoms with Crippen LogP contribution in [0.3, 0.4) is 0 Å². The van der Waals surface area contributed by atoms with Crippen molar-refractivity contribution in [2.24, 2.45) is 4.99 Å². The summed E-state index contributed by atoms with van der Waals surface area (Å²) in [5, 5.41) is 4.75. The van der Waals surface area contributed by atoms with Gasteiger partial charge in [0, 0.05) is 25.6 Å². The van der Waals surface area contributed by atoms with Crippen LogP contribution in [0.1, 0.15) is 46.2 Å². The van der Waals surface area contributed by atoms with E-state index in [1.54, 1.807) is 0 Å². The molecule has 0 radical (unpaired) electrons. The van der Waals surface area contributed by atoms with Crippen molar-refractivity contribution in [2.45, 2.75) is 64.7 Å². The Balaban J connectivity index is 2.22. The Morgan fingerprint density at radius 3 is 2.67 bits per heavy atom. The summed E-state index contributed by atoms with van der Waals surface area (Å²) in [5.74, 6) is 0.900.